The third-order valence-corrected chi connectivity index (χ3v) is 3.92. The van der Waals surface area contributed by atoms with Crippen LogP contribution in [0.25, 0.3) is 0 Å². The van der Waals surface area contributed by atoms with Gasteiger partial charge < -0.3 is 15.8 Å². The number of piperazine rings is 1. The molecule has 1 amide bonds. The van der Waals surface area contributed by atoms with Gasteiger partial charge in [0.25, 0.3) is 0 Å². The summed E-state index contributed by atoms with van der Waals surface area (Å²) in [7, 11) is 0. The maximum absolute atomic E-state index is 12.2. The molecule has 3 N–H and O–H groups in total. The summed E-state index contributed by atoms with van der Waals surface area (Å²) in [6, 6.07) is 0. The molecule has 2 aliphatic rings. The van der Waals surface area contributed by atoms with E-state index in [1.807, 2.05) is 11.8 Å². The van der Waals surface area contributed by atoms with Crippen LogP contribution in [0.2, 0.25) is 0 Å². The lowest BCUT2D eigenvalue weighted by Gasteiger charge is -2.35. The highest BCUT2D eigenvalue weighted by molar-refractivity contribution is 5.82. The SMILES string of the molecule is CC(C(=O)N1CCN(CC(N)=NO)CC1)C1CC1. The average Bonchev–Trinajstić information content (AvgIpc) is 3.22. The Hall–Kier alpha value is -1.30. The van der Waals surface area contributed by atoms with E-state index in [2.05, 4.69) is 10.1 Å². The van der Waals surface area contributed by atoms with Crippen LogP contribution in [0.3, 0.4) is 0 Å². The highest BCUT2D eigenvalue weighted by atomic mass is 16.4. The second-order valence-corrected chi connectivity index (χ2v) is 5.32. The molecule has 1 heterocycles. The maximum atomic E-state index is 12.2. The van der Waals surface area contributed by atoms with Gasteiger partial charge >= 0.3 is 0 Å². The van der Waals surface area contributed by atoms with Crippen molar-refractivity contribution in [1.29, 1.82) is 0 Å². The van der Waals surface area contributed by atoms with Crippen LogP contribution < -0.4 is 5.73 Å². The van der Waals surface area contributed by atoms with Gasteiger partial charge in [-0.05, 0) is 18.8 Å². The largest absolute Gasteiger partial charge is 0.409 e. The Balaban J connectivity index is 1.77. The van der Waals surface area contributed by atoms with Gasteiger partial charge in [-0.3, -0.25) is 9.69 Å². The van der Waals surface area contributed by atoms with E-state index in [1.165, 1.54) is 12.8 Å². The number of rotatable bonds is 4. The van der Waals surface area contributed by atoms with Crippen LogP contribution in [-0.2, 0) is 4.79 Å². The number of nitrogens with two attached hydrogens (primary N) is 1. The van der Waals surface area contributed by atoms with Crippen molar-refractivity contribution in [2.45, 2.75) is 19.8 Å². The van der Waals surface area contributed by atoms with E-state index in [0.717, 1.165) is 26.2 Å². The highest BCUT2D eigenvalue weighted by Crippen LogP contribution is 2.37. The second kappa shape index (κ2) is 5.56. The van der Waals surface area contributed by atoms with Gasteiger partial charge in [-0.1, -0.05) is 12.1 Å². The third kappa shape index (κ3) is 3.13. The summed E-state index contributed by atoms with van der Waals surface area (Å²) in [5, 5.41) is 11.5. The monoisotopic (exact) mass is 254 g/mol. The van der Waals surface area contributed by atoms with E-state index in [0.29, 0.717) is 18.4 Å². The first kappa shape index (κ1) is 13.1. The molecule has 2 fully saturated rings. The standard InChI is InChI=1S/C12H22N4O2/c1-9(10-2-3-10)12(17)16-6-4-15(5-7-16)8-11(13)14-18/h9-10,18H,2-8H2,1H3,(H2,13,14). The number of oxime groups is 1. The van der Waals surface area contributed by atoms with Crippen LogP contribution in [-0.4, -0.2) is 59.5 Å². The number of amides is 1. The number of carbonyl (C=O) groups excluding carboxylic acids is 1. The minimum absolute atomic E-state index is 0.181. The van der Waals surface area contributed by atoms with Crippen LogP contribution >= 0.6 is 0 Å². The van der Waals surface area contributed by atoms with E-state index in [-0.39, 0.29) is 11.8 Å². The van der Waals surface area contributed by atoms with Crippen LogP contribution in [0.5, 0.6) is 0 Å². The fraction of sp³-hybridized carbons (Fsp3) is 0.833. The molecule has 1 atom stereocenters. The molecule has 18 heavy (non-hydrogen) atoms. The van der Waals surface area contributed by atoms with Crippen molar-refractivity contribution >= 4 is 11.7 Å². The molecule has 0 spiro atoms. The van der Waals surface area contributed by atoms with Gasteiger partial charge in [0.15, 0.2) is 5.84 Å². The van der Waals surface area contributed by atoms with Crippen molar-refractivity contribution in [3.63, 3.8) is 0 Å². The van der Waals surface area contributed by atoms with Crippen molar-refractivity contribution in [3.05, 3.63) is 0 Å². The zero-order valence-electron chi connectivity index (χ0n) is 10.9. The lowest BCUT2D eigenvalue weighted by Crippen LogP contribution is -2.51. The molecule has 1 aliphatic heterocycles. The lowest BCUT2D eigenvalue weighted by atomic mass is 10.0. The van der Waals surface area contributed by atoms with Crippen LogP contribution in [0, 0.1) is 11.8 Å². The molecule has 102 valence electrons. The first-order valence-corrected chi connectivity index (χ1v) is 6.59. The van der Waals surface area contributed by atoms with Crippen LogP contribution in [0.1, 0.15) is 19.8 Å². The van der Waals surface area contributed by atoms with Gasteiger partial charge in [0.2, 0.25) is 5.91 Å². The van der Waals surface area contributed by atoms with Gasteiger partial charge in [-0.2, -0.15) is 0 Å². The molecule has 6 nitrogen and oxygen atoms in total. The summed E-state index contributed by atoms with van der Waals surface area (Å²) in [6.45, 7) is 5.58. The van der Waals surface area contributed by atoms with Crippen molar-refractivity contribution in [3.8, 4) is 0 Å². The molecular formula is C12H22N4O2. The molecule has 0 radical (unpaired) electrons. The van der Waals surface area contributed by atoms with E-state index >= 15 is 0 Å². The van der Waals surface area contributed by atoms with E-state index in [4.69, 9.17) is 10.9 Å². The number of carbonyl (C=O) groups is 1. The van der Waals surface area contributed by atoms with Crippen molar-refractivity contribution < 1.29 is 10.0 Å². The summed E-state index contributed by atoms with van der Waals surface area (Å²) < 4.78 is 0. The van der Waals surface area contributed by atoms with Crippen LogP contribution in [0.4, 0.5) is 0 Å². The summed E-state index contributed by atoms with van der Waals surface area (Å²) in [5.74, 6) is 1.32. The third-order valence-electron chi connectivity index (χ3n) is 3.92. The Morgan fingerprint density at radius 2 is 2.00 bits per heavy atom. The predicted molar refractivity (Wildman–Crippen MR) is 68.3 cm³/mol. The molecule has 1 aliphatic carbocycles. The molecule has 6 heteroatoms. The fourth-order valence-electron chi connectivity index (χ4n) is 2.47. The molecule has 0 aromatic rings. The molecule has 0 aromatic heterocycles. The Morgan fingerprint density at radius 3 is 2.50 bits per heavy atom. The number of amidine groups is 1. The molecule has 1 unspecified atom stereocenters. The summed E-state index contributed by atoms with van der Waals surface area (Å²) in [6.07, 6.45) is 2.41. The minimum atomic E-state index is 0.181. The molecule has 1 saturated carbocycles. The maximum Gasteiger partial charge on any atom is 0.225 e. The number of nitrogens with zero attached hydrogens (tertiary/aromatic N) is 3. The average molecular weight is 254 g/mol. The van der Waals surface area contributed by atoms with Gasteiger partial charge in [0, 0.05) is 32.1 Å². The smallest absolute Gasteiger partial charge is 0.225 e. The van der Waals surface area contributed by atoms with Crippen LogP contribution in [0.15, 0.2) is 5.16 Å². The molecule has 0 aromatic carbocycles. The quantitative estimate of drug-likeness (QED) is 0.318. The molecular weight excluding hydrogens is 232 g/mol. The minimum Gasteiger partial charge on any atom is -0.409 e. The fourth-order valence-corrected chi connectivity index (χ4v) is 2.47. The van der Waals surface area contributed by atoms with Crippen molar-refractivity contribution in [2.75, 3.05) is 32.7 Å². The lowest BCUT2D eigenvalue weighted by molar-refractivity contribution is -0.137. The van der Waals surface area contributed by atoms with E-state index in [9.17, 15) is 4.79 Å². The predicted octanol–water partition coefficient (Wildman–Crippen LogP) is -0.0769. The molecule has 2 rings (SSSR count). The summed E-state index contributed by atoms with van der Waals surface area (Å²) >= 11 is 0. The molecule has 0 bridgehead atoms. The van der Waals surface area contributed by atoms with Gasteiger partial charge in [-0.25, -0.2) is 0 Å². The van der Waals surface area contributed by atoms with E-state index < -0.39 is 0 Å². The second-order valence-electron chi connectivity index (χ2n) is 5.32. The first-order chi connectivity index (χ1) is 8.61. The van der Waals surface area contributed by atoms with E-state index in [1.54, 1.807) is 0 Å². The first-order valence-electron chi connectivity index (χ1n) is 6.59. The zero-order chi connectivity index (χ0) is 13.1. The van der Waals surface area contributed by atoms with Crippen molar-refractivity contribution in [1.82, 2.24) is 9.80 Å². The topological polar surface area (TPSA) is 82.2 Å². The number of hydrogen-bond acceptors (Lipinski definition) is 4. The Labute approximate surface area is 107 Å². The van der Waals surface area contributed by atoms with Gasteiger partial charge in [-0.15, -0.1) is 0 Å². The Morgan fingerprint density at radius 1 is 1.39 bits per heavy atom. The number of hydrogen-bond donors (Lipinski definition) is 2. The van der Waals surface area contributed by atoms with Crippen molar-refractivity contribution in [2.24, 2.45) is 22.7 Å². The highest BCUT2D eigenvalue weighted by Gasteiger charge is 2.35. The zero-order valence-corrected chi connectivity index (χ0v) is 10.9. The van der Waals surface area contributed by atoms with Gasteiger partial charge in [0.1, 0.15) is 0 Å². The Bertz CT molecular complexity index is 333. The molecule has 1 saturated heterocycles. The van der Waals surface area contributed by atoms with Gasteiger partial charge in [0.05, 0.1) is 6.54 Å². The summed E-state index contributed by atoms with van der Waals surface area (Å²) in [4.78, 5) is 16.2. The summed E-state index contributed by atoms with van der Waals surface area (Å²) in [5.41, 5.74) is 5.47. The Kier molecular flexibility index (Phi) is 4.06. The normalized spacial score (nSPS) is 24.1.